The van der Waals surface area contributed by atoms with Crippen molar-refractivity contribution in [2.75, 3.05) is 19.8 Å². The first-order valence-electron chi connectivity index (χ1n) is 5.32. The van der Waals surface area contributed by atoms with E-state index in [4.69, 9.17) is 9.15 Å². The quantitative estimate of drug-likeness (QED) is 0.847. The highest BCUT2D eigenvalue weighted by atomic mass is 16.5. The first-order chi connectivity index (χ1) is 7.81. The molecule has 0 aliphatic carbocycles. The molecular formula is C12H13NO3. The van der Waals surface area contributed by atoms with Crippen molar-refractivity contribution in [2.24, 2.45) is 5.41 Å². The molecule has 0 unspecified atom stereocenters. The zero-order valence-corrected chi connectivity index (χ0v) is 8.85. The minimum Gasteiger partial charge on any atom is -0.443 e. The lowest BCUT2D eigenvalue weighted by Gasteiger charge is -2.40. The van der Waals surface area contributed by atoms with Gasteiger partial charge in [0.2, 0.25) is 0 Å². The summed E-state index contributed by atoms with van der Waals surface area (Å²) in [6, 6.07) is 5.96. The summed E-state index contributed by atoms with van der Waals surface area (Å²) in [4.78, 5) is 4.07. The largest absolute Gasteiger partial charge is 0.443 e. The first-order valence-corrected chi connectivity index (χ1v) is 5.32. The van der Waals surface area contributed by atoms with Gasteiger partial charge >= 0.3 is 0 Å². The Hall–Kier alpha value is -1.39. The molecule has 0 amide bonds. The number of rotatable bonds is 3. The number of aliphatic hydroxyl groups excluding tert-OH is 1. The van der Waals surface area contributed by atoms with Gasteiger partial charge in [-0.25, -0.2) is 4.98 Å². The van der Waals surface area contributed by atoms with E-state index in [1.165, 1.54) is 6.39 Å². The molecule has 0 bridgehead atoms. The molecule has 0 spiro atoms. The van der Waals surface area contributed by atoms with Crippen LogP contribution in [0.2, 0.25) is 0 Å². The van der Waals surface area contributed by atoms with E-state index in [0.717, 1.165) is 23.1 Å². The molecule has 1 aliphatic rings. The first kappa shape index (κ1) is 9.81. The molecule has 1 aromatic heterocycles. The van der Waals surface area contributed by atoms with E-state index >= 15 is 0 Å². The molecular weight excluding hydrogens is 206 g/mol. The van der Waals surface area contributed by atoms with Crippen molar-refractivity contribution < 1.29 is 14.3 Å². The Kier molecular flexibility index (Phi) is 2.19. The highest BCUT2D eigenvalue weighted by molar-refractivity contribution is 5.72. The van der Waals surface area contributed by atoms with Crippen LogP contribution in [0.4, 0.5) is 0 Å². The molecule has 3 rings (SSSR count). The maximum atomic E-state index is 9.36. The molecule has 4 nitrogen and oxygen atoms in total. The van der Waals surface area contributed by atoms with Crippen LogP contribution in [0, 0.1) is 5.41 Å². The van der Waals surface area contributed by atoms with Gasteiger partial charge in [-0.3, -0.25) is 0 Å². The van der Waals surface area contributed by atoms with Gasteiger partial charge < -0.3 is 14.3 Å². The molecule has 84 valence electrons. The number of ether oxygens (including phenoxy) is 1. The monoisotopic (exact) mass is 219 g/mol. The molecule has 1 N–H and O–H groups in total. The van der Waals surface area contributed by atoms with E-state index in [1.54, 1.807) is 0 Å². The lowest BCUT2D eigenvalue weighted by molar-refractivity contribution is -0.136. The average Bonchev–Trinajstić information content (AvgIpc) is 2.70. The van der Waals surface area contributed by atoms with Crippen LogP contribution < -0.4 is 0 Å². The van der Waals surface area contributed by atoms with Crippen LogP contribution in [-0.2, 0) is 11.2 Å². The van der Waals surface area contributed by atoms with Gasteiger partial charge in [0, 0.05) is 5.41 Å². The smallest absolute Gasteiger partial charge is 0.181 e. The summed E-state index contributed by atoms with van der Waals surface area (Å²) in [6.45, 7) is 1.44. The fraction of sp³-hybridized carbons (Fsp3) is 0.417. The number of benzene rings is 1. The summed E-state index contributed by atoms with van der Waals surface area (Å²) in [5.41, 5.74) is 2.73. The third kappa shape index (κ3) is 1.50. The van der Waals surface area contributed by atoms with Crippen molar-refractivity contribution in [2.45, 2.75) is 6.42 Å². The zero-order chi connectivity index (χ0) is 11.0. The topological polar surface area (TPSA) is 55.5 Å². The number of aliphatic hydroxyl groups is 1. The van der Waals surface area contributed by atoms with Gasteiger partial charge in [0.05, 0.1) is 19.8 Å². The van der Waals surface area contributed by atoms with Crippen LogP contribution >= 0.6 is 0 Å². The summed E-state index contributed by atoms with van der Waals surface area (Å²) < 4.78 is 10.4. The predicted molar refractivity (Wildman–Crippen MR) is 58.1 cm³/mol. The molecule has 2 heterocycles. The van der Waals surface area contributed by atoms with Crippen LogP contribution in [-0.4, -0.2) is 29.9 Å². The van der Waals surface area contributed by atoms with E-state index in [1.807, 2.05) is 18.2 Å². The second-order valence-electron chi connectivity index (χ2n) is 4.48. The Balaban J connectivity index is 1.88. The van der Waals surface area contributed by atoms with Gasteiger partial charge in [-0.15, -0.1) is 0 Å². The Morgan fingerprint density at radius 1 is 1.38 bits per heavy atom. The summed E-state index contributed by atoms with van der Waals surface area (Å²) >= 11 is 0. The highest BCUT2D eigenvalue weighted by Crippen LogP contribution is 2.31. The van der Waals surface area contributed by atoms with E-state index in [9.17, 15) is 5.11 Å². The number of fused-ring (bicyclic) bond motifs is 1. The summed E-state index contributed by atoms with van der Waals surface area (Å²) in [5, 5.41) is 9.36. The van der Waals surface area contributed by atoms with Crippen molar-refractivity contribution in [3.05, 3.63) is 30.2 Å². The molecule has 1 fully saturated rings. The summed E-state index contributed by atoms with van der Waals surface area (Å²) in [7, 11) is 0. The normalized spacial score (nSPS) is 18.6. The molecule has 0 saturated carbocycles. The van der Waals surface area contributed by atoms with E-state index < -0.39 is 0 Å². The number of oxazole rings is 1. The molecule has 4 heteroatoms. The van der Waals surface area contributed by atoms with Crippen LogP contribution in [0.1, 0.15) is 5.56 Å². The number of hydrogen-bond donors (Lipinski definition) is 1. The standard InChI is InChI=1S/C12H13NO3/c14-5-12(6-15-7-12)4-9-1-2-10-11(3-9)16-8-13-10/h1-3,8,14H,4-7H2. The van der Waals surface area contributed by atoms with Crippen molar-refractivity contribution in [1.82, 2.24) is 4.98 Å². The van der Waals surface area contributed by atoms with Gasteiger partial charge in [-0.2, -0.15) is 0 Å². The molecule has 2 aromatic rings. The van der Waals surface area contributed by atoms with Crippen molar-refractivity contribution in [3.63, 3.8) is 0 Å². The lowest BCUT2D eigenvalue weighted by Crippen LogP contribution is -2.47. The second-order valence-corrected chi connectivity index (χ2v) is 4.48. The Morgan fingerprint density at radius 3 is 2.94 bits per heavy atom. The van der Waals surface area contributed by atoms with Crippen LogP contribution in [0.5, 0.6) is 0 Å². The molecule has 1 aromatic carbocycles. The summed E-state index contributed by atoms with van der Waals surface area (Å²) in [6.07, 6.45) is 2.27. The highest BCUT2D eigenvalue weighted by Gasteiger charge is 2.38. The SMILES string of the molecule is OCC1(Cc2ccc3ncoc3c2)COC1. The molecule has 1 saturated heterocycles. The number of aromatic nitrogens is 1. The summed E-state index contributed by atoms with van der Waals surface area (Å²) in [5.74, 6) is 0. The molecule has 0 radical (unpaired) electrons. The third-order valence-corrected chi connectivity index (χ3v) is 3.13. The Morgan fingerprint density at radius 2 is 2.25 bits per heavy atom. The van der Waals surface area contributed by atoms with Crippen molar-refractivity contribution in [3.8, 4) is 0 Å². The molecule has 16 heavy (non-hydrogen) atoms. The Bertz CT molecular complexity index is 496. The van der Waals surface area contributed by atoms with Crippen LogP contribution in [0.25, 0.3) is 11.1 Å². The van der Waals surface area contributed by atoms with Gasteiger partial charge in [0.15, 0.2) is 12.0 Å². The maximum absolute atomic E-state index is 9.36. The van der Waals surface area contributed by atoms with Crippen molar-refractivity contribution in [1.29, 1.82) is 0 Å². The minimum atomic E-state index is -0.0896. The second kappa shape index (κ2) is 3.57. The number of hydrogen-bond acceptors (Lipinski definition) is 4. The minimum absolute atomic E-state index is 0.0896. The molecule has 0 atom stereocenters. The zero-order valence-electron chi connectivity index (χ0n) is 8.85. The average molecular weight is 219 g/mol. The fourth-order valence-corrected chi connectivity index (χ4v) is 2.08. The maximum Gasteiger partial charge on any atom is 0.181 e. The van der Waals surface area contributed by atoms with Crippen molar-refractivity contribution >= 4 is 11.1 Å². The fourth-order valence-electron chi connectivity index (χ4n) is 2.08. The van der Waals surface area contributed by atoms with Crippen LogP contribution in [0.3, 0.4) is 0 Å². The molecule has 1 aliphatic heterocycles. The van der Waals surface area contributed by atoms with E-state index in [-0.39, 0.29) is 12.0 Å². The van der Waals surface area contributed by atoms with Gasteiger partial charge in [-0.05, 0) is 24.1 Å². The van der Waals surface area contributed by atoms with Gasteiger partial charge in [0.1, 0.15) is 5.52 Å². The lowest BCUT2D eigenvalue weighted by atomic mass is 9.80. The Labute approximate surface area is 92.9 Å². The van der Waals surface area contributed by atoms with E-state index in [0.29, 0.717) is 13.2 Å². The van der Waals surface area contributed by atoms with Gasteiger partial charge in [0.25, 0.3) is 0 Å². The predicted octanol–water partition coefficient (Wildman–Crippen LogP) is 1.38. The van der Waals surface area contributed by atoms with E-state index in [2.05, 4.69) is 4.98 Å². The third-order valence-electron chi connectivity index (χ3n) is 3.13. The number of nitrogens with zero attached hydrogens (tertiary/aromatic N) is 1. The van der Waals surface area contributed by atoms with Gasteiger partial charge in [-0.1, -0.05) is 6.07 Å². The van der Waals surface area contributed by atoms with Crippen LogP contribution in [0.15, 0.2) is 29.0 Å².